The first-order chi connectivity index (χ1) is 12.8. The molecule has 0 aromatic rings. The van der Waals surface area contributed by atoms with Gasteiger partial charge in [-0.2, -0.15) is 0 Å². The van der Waals surface area contributed by atoms with Crippen LogP contribution in [0.3, 0.4) is 0 Å². The maximum Gasteiger partial charge on any atom is 0.0700 e. The molecule has 0 saturated heterocycles. The summed E-state index contributed by atoms with van der Waals surface area (Å²) in [5, 5.41) is 0. The maximum atomic E-state index is 5.76. The van der Waals surface area contributed by atoms with Crippen molar-refractivity contribution in [3.63, 3.8) is 0 Å². The molecule has 0 aliphatic carbocycles. The van der Waals surface area contributed by atoms with E-state index in [4.69, 9.17) is 23.7 Å². The van der Waals surface area contributed by atoms with Crippen molar-refractivity contribution < 1.29 is 23.7 Å². The van der Waals surface area contributed by atoms with Crippen molar-refractivity contribution in [3.05, 3.63) is 0 Å². The molecule has 5 heteroatoms. The van der Waals surface area contributed by atoms with E-state index in [0.717, 1.165) is 58.9 Å². The van der Waals surface area contributed by atoms with Gasteiger partial charge in [0.2, 0.25) is 0 Å². The van der Waals surface area contributed by atoms with Crippen molar-refractivity contribution in [3.8, 4) is 0 Å². The topological polar surface area (TPSA) is 46.2 Å². The smallest absolute Gasteiger partial charge is 0.0700 e. The van der Waals surface area contributed by atoms with Crippen molar-refractivity contribution in [1.82, 2.24) is 0 Å². The van der Waals surface area contributed by atoms with E-state index in [0.29, 0.717) is 19.1 Å². The quantitative estimate of drug-likeness (QED) is 0.261. The molecule has 0 saturated carbocycles. The number of hydrogen-bond donors (Lipinski definition) is 0. The molecule has 0 rings (SSSR count). The van der Waals surface area contributed by atoms with Gasteiger partial charge in [-0.3, -0.25) is 0 Å². The molecule has 0 fully saturated rings. The molecule has 0 aromatic heterocycles. The molecule has 0 radical (unpaired) electrons. The first-order valence-electron chi connectivity index (χ1n) is 10.5. The van der Waals surface area contributed by atoms with Gasteiger partial charge in [-0.25, -0.2) is 0 Å². The van der Waals surface area contributed by atoms with Crippen LogP contribution in [0.2, 0.25) is 0 Å². The third-order valence-corrected chi connectivity index (χ3v) is 4.20. The van der Waals surface area contributed by atoms with Crippen LogP contribution in [0.5, 0.6) is 0 Å². The molecule has 1 unspecified atom stereocenters. The molecule has 0 bridgehead atoms. The largest absolute Gasteiger partial charge is 0.385 e. The van der Waals surface area contributed by atoms with Gasteiger partial charge < -0.3 is 23.7 Å². The van der Waals surface area contributed by atoms with Gasteiger partial charge in [0.25, 0.3) is 0 Å². The number of methoxy groups -OCH3 is 2. The van der Waals surface area contributed by atoms with Gasteiger partial charge in [-0.05, 0) is 32.1 Å². The summed E-state index contributed by atoms with van der Waals surface area (Å²) in [5.41, 5.74) is 0. The van der Waals surface area contributed by atoms with Crippen LogP contribution in [0, 0.1) is 5.92 Å². The highest BCUT2D eigenvalue weighted by molar-refractivity contribution is 4.51. The summed E-state index contributed by atoms with van der Waals surface area (Å²) < 4.78 is 26.9. The van der Waals surface area contributed by atoms with E-state index in [1.165, 1.54) is 38.5 Å². The highest BCUT2D eigenvalue weighted by Gasteiger charge is 2.02. The summed E-state index contributed by atoms with van der Waals surface area (Å²) in [7, 11) is 3.46. The van der Waals surface area contributed by atoms with E-state index >= 15 is 0 Å². The van der Waals surface area contributed by atoms with E-state index in [9.17, 15) is 0 Å². The number of ether oxygens (including phenoxy) is 5. The number of hydrogen-bond acceptors (Lipinski definition) is 5. The molecule has 5 nitrogen and oxygen atoms in total. The Labute approximate surface area is 162 Å². The molecule has 158 valence electrons. The van der Waals surface area contributed by atoms with Crippen LogP contribution in [-0.4, -0.2) is 67.1 Å². The van der Waals surface area contributed by atoms with Gasteiger partial charge in [0.15, 0.2) is 0 Å². The summed E-state index contributed by atoms with van der Waals surface area (Å²) in [6, 6.07) is 0. The second-order valence-corrected chi connectivity index (χ2v) is 7.03. The van der Waals surface area contributed by atoms with Crippen LogP contribution in [0.25, 0.3) is 0 Å². The summed E-state index contributed by atoms with van der Waals surface area (Å²) >= 11 is 0. The Hall–Kier alpha value is -0.200. The van der Waals surface area contributed by atoms with Gasteiger partial charge in [0.05, 0.1) is 26.4 Å². The molecule has 0 heterocycles. The monoisotopic (exact) mass is 376 g/mol. The van der Waals surface area contributed by atoms with E-state index in [1.54, 1.807) is 14.2 Å². The lowest BCUT2D eigenvalue weighted by Crippen LogP contribution is -2.14. The molecular formula is C21H44O5. The lowest BCUT2D eigenvalue weighted by atomic mass is 10.1. The molecule has 0 aromatic carbocycles. The molecular weight excluding hydrogens is 332 g/mol. The third-order valence-electron chi connectivity index (χ3n) is 4.20. The highest BCUT2D eigenvalue weighted by atomic mass is 16.5. The van der Waals surface area contributed by atoms with Crippen LogP contribution in [0.15, 0.2) is 0 Å². The fourth-order valence-corrected chi connectivity index (χ4v) is 2.60. The average Bonchev–Trinajstić information content (AvgIpc) is 2.64. The van der Waals surface area contributed by atoms with Gasteiger partial charge in [-0.15, -0.1) is 0 Å². The maximum absolute atomic E-state index is 5.76. The van der Waals surface area contributed by atoms with E-state index < -0.39 is 0 Å². The van der Waals surface area contributed by atoms with Crippen LogP contribution in [0.1, 0.15) is 64.7 Å². The third kappa shape index (κ3) is 21.8. The zero-order valence-electron chi connectivity index (χ0n) is 17.6. The Kier molecular flexibility index (Phi) is 22.7. The van der Waals surface area contributed by atoms with Crippen molar-refractivity contribution in [2.24, 2.45) is 5.92 Å². The fraction of sp³-hybridized carbons (Fsp3) is 1.00. The number of unbranched alkanes of at least 4 members (excludes halogenated alkanes) is 7. The molecule has 0 aliphatic rings. The summed E-state index contributed by atoms with van der Waals surface area (Å²) in [6.07, 6.45) is 10.9. The van der Waals surface area contributed by atoms with Gasteiger partial charge >= 0.3 is 0 Å². The first kappa shape index (κ1) is 25.8. The minimum Gasteiger partial charge on any atom is -0.385 e. The molecule has 26 heavy (non-hydrogen) atoms. The highest BCUT2D eigenvalue weighted by Crippen LogP contribution is 2.06. The van der Waals surface area contributed by atoms with Gasteiger partial charge in [-0.1, -0.05) is 32.6 Å². The van der Waals surface area contributed by atoms with Crippen molar-refractivity contribution in [2.45, 2.75) is 64.7 Å². The Morgan fingerprint density at radius 2 is 0.885 bits per heavy atom. The molecule has 0 spiro atoms. The summed E-state index contributed by atoms with van der Waals surface area (Å²) in [6.45, 7) is 8.60. The van der Waals surface area contributed by atoms with E-state index in [-0.39, 0.29) is 0 Å². The first-order valence-corrected chi connectivity index (χ1v) is 10.5. The van der Waals surface area contributed by atoms with E-state index in [1.807, 2.05) is 0 Å². The van der Waals surface area contributed by atoms with Crippen molar-refractivity contribution in [1.29, 1.82) is 0 Å². The Morgan fingerprint density at radius 3 is 1.42 bits per heavy atom. The number of rotatable bonds is 22. The summed E-state index contributed by atoms with van der Waals surface area (Å²) in [4.78, 5) is 0. The van der Waals surface area contributed by atoms with Crippen LogP contribution >= 0.6 is 0 Å². The van der Waals surface area contributed by atoms with Crippen LogP contribution in [0.4, 0.5) is 0 Å². The lowest BCUT2D eigenvalue weighted by molar-refractivity contribution is 0.0416. The van der Waals surface area contributed by atoms with Crippen LogP contribution < -0.4 is 0 Å². The predicted octanol–water partition coefficient (Wildman–Crippen LogP) is 4.48. The second kappa shape index (κ2) is 22.8. The second-order valence-electron chi connectivity index (χ2n) is 7.03. The minimum absolute atomic E-state index is 0.474. The Morgan fingerprint density at radius 1 is 0.462 bits per heavy atom. The Bertz CT molecular complexity index is 227. The fourth-order valence-electron chi connectivity index (χ4n) is 2.60. The average molecular weight is 377 g/mol. The summed E-state index contributed by atoms with van der Waals surface area (Å²) in [5.74, 6) is 0.474. The van der Waals surface area contributed by atoms with E-state index in [2.05, 4.69) is 6.92 Å². The zero-order valence-corrected chi connectivity index (χ0v) is 17.6. The normalized spacial score (nSPS) is 12.6. The van der Waals surface area contributed by atoms with Gasteiger partial charge in [0, 0.05) is 46.6 Å². The minimum atomic E-state index is 0.474. The molecule has 0 aliphatic heterocycles. The van der Waals surface area contributed by atoms with Crippen molar-refractivity contribution in [2.75, 3.05) is 67.1 Å². The SMILES string of the molecule is COCCCCCCCCOCC(C)COCCCCCOCCOC. The molecule has 0 N–H and O–H groups in total. The molecule has 1 atom stereocenters. The zero-order chi connectivity index (χ0) is 19.1. The van der Waals surface area contributed by atoms with Gasteiger partial charge in [0.1, 0.15) is 0 Å². The Balaban J connectivity index is 3.12. The van der Waals surface area contributed by atoms with Crippen molar-refractivity contribution >= 4 is 0 Å². The lowest BCUT2D eigenvalue weighted by Gasteiger charge is -2.12. The van der Waals surface area contributed by atoms with Crippen LogP contribution in [-0.2, 0) is 23.7 Å². The predicted molar refractivity (Wildman–Crippen MR) is 107 cm³/mol. The molecule has 0 amide bonds. The standard InChI is InChI=1S/C21H44O5/c1-21(19-25-15-10-7-5-4-6-9-13-22-2)20-26-16-12-8-11-14-24-18-17-23-3/h21H,4-20H2,1-3H3.